The number of rotatable bonds is 3. The molecule has 1 rings (SSSR count). The van der Waals surface area contributed by atoms with Gasteiger partial charge in [0.05, 0.1) is 16.7 Å². The van der Waals surface area contributed by atoms with Gasteiger partial charge in [0.2, 0.25) is 0 Å². The number of nitrogens with one attached hydrogen (secondary N) is 1. The highest BCUT2D eigenvalue weighted by Gasteiger charge is 2.36. The molecule has 1 amide bonds. The number of hydrogen-bond donors (Lipinski definition) is 2. The number of carbonyl (C=O) groups is 1. The lowest BCUT2D eigenvalue weighted by molar-refractivity contribution is -0.00300. The van der Waals surface area contributed by atoms with Gasteiger partial charge >= 0.3 is 0 Å². The second-order valence-electron chi connectivity index (χ2n) is 5.62. The summed E-state index contributed by atoms with van der Waals surface area (Å²) in [6, 6.07) is 4.36. The molecular weight excluding hydrogens is 233 g/mol. The molecule has 0 aliphatic heterocycles. The van der Waals surface area contributed by atoms with E-state index < -0.39 is 22.9 Å². The number of halogens is 1. The Balaban J connectivity index is 3.00. The van der Waals surface area contributed by atoms with Gasteiger partial charge in [-0.25, -0.2) is 4.39 Å². The first kappa shape index (κ1) is 14.6. The predicted octanol–water partition coefficient (Wildman–Crippen LogP) is 2.41. The first-order chi connectivity index (χ1) is 8.04. The number of aryl methyl sites for hydroxylation is 1. The third kappa shape index (κ3) is 3.07. The van der Waals surface area contributed by atoms with Gasteiger partial charge in [0, 0.05) is 0 Å². The standard InChI is InChI=1S/C14H20FNO2/c1-9-6-7-11(15)10(8-9)12(17)16-13(2,3)14(4,5)18/h6-8,18H,1-5H3,(H,16,17). The third-order valence-electron chi connectivity index (χ3n) is 3.32. The third-order valence-corrected chi connectivity index (χ3v) is 3.32. The predicted molar refractivity (Wildman–Crippen MR) is 69.0 cm³/mol. The van der Waals surface area contributed by atoms with E-state index >= 15 is 0 Å². The van der Waals surface area contributed by atoms with Crippen molar-refractivity contribution in [3.05, 3.63) is 35.1 Å². The Hall–Kier alpha value is -1.42. The lowest BCUT2D eigenvalue weighted by Crippen LogP contribution is -2.57. The van der Waals surface area contributed by atoms with Gasteiger partial charge in [0.25, 0.3) is 5.91 Å². The van der Waals surface area contributed by atoms with E-state index in [0.29, 0.717) is 0 Å². The molecule has 0 fully saturated rings. The Labute approximate surface area is 107 Å². The van der Waals surface area contributed by atoms with Gasteiger partial charge in [-0.15, -0.1) is 0 Å². The van der Waals surface area contributed by atoms with Crippen molar-refractivity contribution in [3.8, 4) is 0 Å². The fourth-order valence-electron chi connectivity index (χ4n) is 1.32. The van der Waals surface area contributed by atoms with Crippen LogP contribution in [0.15, 0.2) is 18.2 Å². The molecule has 0 aliphatic carbocycles. The molecule has 0 unspecified atom stereocenters. The van der Waals surface area contributed by atoms with Gasteiger partial charge in [-0.1, -0.05) is 11.6 Å². The van der Waals surface area contributed by atoms with Crippen molar-refractivity contribution >= 4 is 5.91 Å². The van der Waals surface area contributed by atoms with Crippen molar-refractivity contribution in [1.82, 2.24) is 5.32 Å². The molecular formula is C14H20FNO2. The van der Waals surface area contributed by atoms with Crippen LogP contribution in [0.2, 0.25) is 0 Å². The molecule has 1 aromatic carbocycles. The average molecular weight is 253 g/mol. The Bertz CT molecular complexity index is 461. The Kier molecular flexibility index (Phi) is 3.81. The SMILES string of the molecule is Cc1ccc(F)c(C(=O)NC(C)(C)C(C)(C)O)c1. The van der Waals surface area contributed by atoms with E-state index in [1.165, 1.54) is 12.1 Å². The van der Waals surface area contributed by atoms with E-state index in [-0.39, 0.29) is 5.56 Å². The highest BCUT2D eigenvalue weighted by atomic mass is 19.1. The van der Waals surface area contributed by atoms with Crippen LogP contribution in [-0.2, 0) is 0 Å². The highest BCUT2D eigenvalue weighted by Crippen LogP contribution is 2.21. The molecule has 100 valence electrons. The molecule has 0 radical (unpaired) electrons. The van der Waals surface area contributed by atoms with Crippen molar-refractivity contribution in [3.63, 3.8) is 0 Å². The van der Waals surface area contributed by atoms with Gasteiger partial charge in [0.15, 0.2) is 0 Å². The molecule has 4 heteroatoms. The summed E-state index contributed by atoms with van der Waals surface area (Å²) in [7, 11) is 0. The Morgan fingerprint density at radius 1 is 1.28 bits per heavy atom. The number of aliphatic hydroxyl groups is 1. The van der Waals surface area contributed by atoms with Crippen LogP contribution in [0.4, 0.5) is 4.39 Å². The first-order valence-corrected chi connectivity index (χ1v) is 5.85. The van der Waals surface area contributed by atoms with Crippen LogP contribution in [0.3, 0.4) is 0 Å². The minimum atomic E-state index is -1.11. The second-order valence-corrected chi connectivity index (χ2v) is 5.62. The molecule has 2 N–H and O–H groups in total. The van der Waals surface area contributed by atoms with Gasteiger partial charge in [-0.3, -0.25) is 4.79 Å². The van der Waals surface area contributed by atoms with Gasteiger partial charge in [-0.05, 0) is 46.8 Å². The largest absolute Gasteiger partial charge is 0.388 e. The number of benzene rings is 1. The fraction of sp³-hybridized carbons (Fsp3) is 0.500. The van der Waals surface area contributed by atoms with E-state index in [1.807, 2.05) is 0 Å². The van der Waals surface area contributed by atoms with Crippen molar-refractivity contribution in [2.24, 2.45) is 0 Å². The van der Waals surface area contributed by atoms with E-state index in [2.05, 4.69) is 5.32 Å². The van der Waals surface area contributed by atoms with Crippen LogP contribution >= 0.6 is 0 Å². The van der Waals surface area contributed by atoms with Gasteiger partial charge < -0.3 is 10.4 Å². The smallest absolute Gasteiger partial charge is 0.254 e. The van der Waals surface area contributed by atoms with Crippen LogP contribution in [0, 0.1) is 12.7 Å². The second kappa shape index (κ2) is 4.69. The van der Waals surface area contributed by atoms with E-state index in [0.717, 1.165) is 5.56 Å². The monoisotopic (exact) mass is 253 g/mol. The maximum Gasteiger partial charge on any atom is 0.254 e. The normalized spacial score (nSPS) is 12.4. The van der Waals surface area contributed by atoms with Crippen LogP contribution in [0.1, 0.15) is 43.6 Å². The molecule has 0 aliphatic rings. The molecule has 0 saturated carbocycles. The van der Waals surface area contributed by atoms with Crippen LogP contribution in [0.5, 0.6) is 0 Å². The van der Waals surface area contributed by atoms with E-state index in [9.17, 15) is 14.3 Å². The molecule has 0 atom stereocenters. The lowest BCUT2D eigenvalue weighted by Gasteiger charge is -2.38. The molecule has 0 saturated heterocycles. The Morgan fingerprint density at radius 3 is 2.33 bits per heavy atom. The van der Waals surface area contributed by atoms with E-state index in [1.54, 1.807) is 40.7 Å². The molecule has 0 spiro atoms. The summed E-state index contributed by atoms with van der Waals surface area (Å²) in [6.07, 6.45) is 0. The van der Waals surface area contributed by atoms with Crippen LogP contribution in [0.25, 0.3) is 0 Å². The van der Waals surface area contributed by atoms with Crippen LogP contribution < -0.4 is 5.32 Å². The lowest BCUT2D eigenvalue weighted by atomic mass is 9.85. The summed E-state index contributed by atoms with van der Waals surface area (Å²) >= 11 is 0. The van der Waals surface area contributed by atoms with E-state index in [4.69, 9.17) is 0 Å². The average Bonchev–Trinajstić information content (AvgIpc) is 2.19. The molecule has 0 aromatic heterocycles. The van der Waals surface area contributed by atoms with Gasteiger partial charge in [0.1, 0.15) is 5.82 Å². The zero-order valence-electron chi connectivity index (χ0n) is 11.5. The maximum atomic E-state index is 13.6. The van der Waals surface area contributed by atoms with Gasteiger partial charge in [-0.2, -0.15) is 0 Å². The zero-order chi connectivity index (χ0) is 14.1. The van der Waals surface area contributed by atoms with Crippen molar-refractivity contribution in [2.75, 3.05) is 0 Å². The topological polar surface area (TPSA) is 49.3 Å². The number of hydrogen-bond acceptors (Lipinski definition) is 2. The summed E-state index contributed by atoms with van der Waals surface area (Å²) in [4.78, 5) is 12.0. The molecule has 3 nitrogen and oxygen atoms in total. The highest BCUT2D eigenvalue weighted by molar-refractivity contribution is 5.95. The quantitative estimate of drug-likeness (QED) is 0.869. The molecule has 18 heavy (non-hydrogen) atoms. The summed E-state index contributed by atoms with van der Waals surface area (Å²) in [5.74, 6) is -1.09. The van der Waals surface area contributed by atoms with Crippen LogP contribution in [-0.4, -0.2) is 22.2 Å². The summed E-state index contributed by atoms with van der Waals surface area (Å²) in [6.45, 7) is 8.37. The van der Waals surface area contributed by atoms with Crippen molar-refractivity contribution in [1.29, 1.82) is 0 Å². The van der Waals surface area contributed by atoms with Crippen molar-refractivity contribution < 1.29 is 14.3 Å². The summed E-state index contributed by atoms with van der Waals surface area (Å²) in [5, 5.41) is 12.6. The minimum absolute atomic E-state index is 0.00711. The van der Waals surface area contributed by atoms with Crippen molar-refractivity contribution in [2.45, 2.75) is 45.8 Å². The zero-order valence-corrected chi connectivity index (χ0v) is 11.5. The first-order valence-electron chi connectivity index (χ1n) is 5.85. The molecule has 0 heterocycles. The number of carbonyl (C=O) groups excluding carboxylic acids is 1. The number of amides is 1. The summed E-state index contributed by atoms with van der Waals surface area (Å²) < 4.78 is 13.6. The fourth-order valence-corrected chi connectivity index (χ4v) is 1.32. The summed E-state index contributed by atoms with van der Waals surface area (Å²) in [5.41, 5.74) is -1.17. The Morgan fingerprint density at radius 2 is 1.83 bits per heavy atom. The minimum Gasteiger partial charge on any atom is -0.388 e. The maximum absolute atomic E-state index is 13.6. The molecule has 1 aromatic rings. The molecule has 0 bridgehead atoms.